The summed E-state index contributed by atoms with van der Waals surface area (Å²) in [5.74, 6) is 0. The molecule has 1 amide bonds. The Hall–Kier alpha value is -1.77. The Morgan fingerprint density at radius 1 is 1.17 bits per heavy atom. The monoisotopic (exact) mass is 327 g/mol. The molecule has 2 unspecified atom stereocenters. The minimum absolute atomic E-state index is 0.146. The van der Waals surface area contributed by atoms with Crippen LogP contribution in [0.15, 0.2) is 42.0 Å². The number of carbonyl (C=O) groups excluding carboxylic acids is 1. The van der Waals surface area contributed by atoms with Crippen molar-refractivity contribution < 1.29 is 9.53 Å². The summed E-state index contributed by atoms with van der Waals surface area (Å²) in [7, 11) is 0. The van der Waals surface area contributed by atoms with E-state index in [1.165, 1.54) is 32.1 Å². The first-order valence-corrected chi connectivity index (χ1v) is 9.46. The van der Waals surface area contributed by atoms with Crippen molar-refractivity contribution in [1.29, 1.82) is 0 Å². The SMILES string of the molecule is CCCCCCC1=CC2CCC(C1)N2C(=O)OCc1ccccc1. The van der Waals surface area contributed by atoms with Gasteiger partial charge in [-0.2, -0.15) is 0 Å². The van der Waals surface area contributed by atoms with Gasteiger partial charge in [-0.05, 0) is 37.7 Å². The lowest BCUT2D eigenvalue weighted by atomic mass is 9.96. The van der Waals surface area contributed by atoms with Gasteiger partial charge in [-0.15, -0.1) is 0 Å². The van der Waals surface area contributed by atoms with Gasteiger partial charge < -0.3 is 4.74 Å². The van der Waals surface area contributed by atoms with Crippen molar-refractivity contribution >= 4 is 6.09 Å². The maximum atomic E-state index is 12.5. The minimum atomic E-state index is -0.146. The van der Waals surface area contributed by atoms with E-state index in [0.29, 0.717) is 12.6 Å². The lowest BCUT2D eigenvalue weighted by Crippen LogP contribution is -2.43. The van der Waals surface area contributed by atoms with Crippen LogP contribution in [-0.4, -0.2) is 23.1 Å². The van der Waals surface area contributed by atoms with E-state index in [1.54, 1.807) is 5.57 Å². The Balaban J connectivity index is 1.52. The van der Waals surface area contributed by atoms with Gasteiger partial charge in [0.2, 0.25) is 0 Å². The summed E-state index contributed by atoms with van der Waals surface area (Å²) >= 11 is 0. The maximum absolute atomic E-state index is 12.5. The second-order valence-corrected chi connectivity index (χ2v) is 7.09. The summed E-state index contributed by atoms with van der Waals surface area (Å²) in [4.78, 5) is 14.5. The Morgan fingerprint density at radius 2 is 2.00 bits per heavy atom. The molecule has 1 fully saturated rings. The van der Waals surface area contributed by atoms with Crippen molar-refractivity contribution in [3.05, 3.63) is 47.5 Å². The normalized spacial score (nSPS) is 22.4. The highest BCUT2D eigenvalue weighted by Gasteiger charge is 2.40. The minimum Gasteiger partial charge on any atom is -0.445 e. The van der Waals surface area contributed by atoms with Gasteiger partial charge in [-0.25, -0.2) is 4.79 Å². The summed E-state index contributed by atoms with van der Waals surface area (Å²) in [5, 5.41) is 0. The van der Waals surface area contributed by atoms with Gasteiger partial charge in [0, 0.05) is 6.04 Å². The van der Waals surface area contributed by atoms with Gasteiger partial charge in [-0.3, -0.25) is 4.90 Å². The van der Waals surface area contributed by atoms with Crippen molar-refractivity contribution in [2.75, 3.05) is 0 Å². The van der Waals surface area contributed by atoms with E-state index in [-0.39, 0.29) is 12.1 Å². The number of hydrogen-bond donors (Lipinski definition) is 0. The quantitative estimate of drug-likeness (QED) is 0.492. The van der Waals surface area contributed by atoms with Crippen LogP contribution in [0, 0.1) is 0 Å². The first kappa shape index (κ1) is 17.1. The lowest BCUT2D eigenvalue weighted by Gasteiger charge is -2.33. The number of rotatable bonds is 7. The number of amides is 1. The first-order valence-electron chi connectivity index (χ1n) is 9.46. The molecule has 3 rings (SSSR count). The van der Waals surface area contributed by atoms with Crippen LogP contribution in [0.1, 0.15) is 63.9 Å². The Bertz CT molecular complexity index is 566. The molecule has 1 aromatic carbocycles. The van der Waals surface area contributed by atoms with E-state index in [0.717, 1.165) is 24.8 Å². The summed E-state index contributed by atoms with van der Waals surface area (Å²) < 4.78 is 5.55. The highest BCUT2D eigenvalue weighted by molar-refractivity contribution is 5.70. The second kappa shape index (κ2) is 8.36. The summed E-state index contributed by atoms with van der Waals surface area (Å²) in [6.45, 7) is 2.61. The highest BCUT2D eigenvalue weighted by Crippen LogP contribution is 2.37. The fraction of sp³-hybridized carbons (Fsp3) is 0.571. The van der Waals surface area contributed by atoms with Gasteiger partial charge >= 0.3 is 6.09 Å². The molecule has 2 atom stereocenters. The van der Waals surface area contributed by atoms with Crippen LogP contribution in [0.3, 0.4) is 0 Å². The van der Waals surface area contributed by atoms with Crippen LogP contribution in [-0.2, 0) is 11.3 Å². The Kier molecular flexibility index (Phi) is 5.95. The molecule has 0 spiro atoms. The Morgan fingerprint density at radius 3 is 2.75 bits per heavy atom. The number of ether oxygens (including phenoxy) is 1. The molecular formula is C21H29NO2. The molecule has 0 aromatic heterocycles. The van der Waals surface area contributed by atoms with Crippen molar-refractivity contribution in [3.63, 3.8) is 0 Å². The van der Waals surface area contributed by atoms with Gasteiger partial charge in [0.15, 0.2) is 0 Å². The lowest BCUT2D eigenvalue weighted by molar-refractivity contribution is 0.0814. The topological polar surface area (TPSA) is 29.5 Å². The van der Waals surface area contributed by atoms with Crippen molar-refractivity contribution in [2.45, 2.75) is 77.0 Å². The zero-order chi connectivity index (χ0) is 16.8. The van der Waals surface area contributed by atoms with Gasteiger partial charge in [0.25, 0.3) is 0 Å². The van der Waals surface area contributed by atoms with Crippen molar-refractivity contribution in [2.24, 2.45) is 0 Å². The van der Waals surface area contributed by atoms with E-state index in [4.69, 9.17) is 4.74 Å². The highest BCUT2D eigenvalue weighted by atomic mass is 16.6. The van der Waals surface area contributed by atoms with Gasteiger partial charge in [-0.1, -0.05) is 68.2 Å². The molecule has 0 saturated carbocycles. The number of carbonyl (C=O) groups is 1. The molecule has 24 heavy (non-hydrogen) atoms. The van der Waals surface area contributed by atoms with E-state index >= 15 is 0 Å². The van der Waals surface area contributed by atoms with Crippen molar-refractivity contribution in [1.82, 2.24) is 4.90 Å². The standard InChI is InChI=1S/C21H29NO2/c1-2-3-4-6-11-18-14-19-12-13-20(15-18)22(19)21(23)24-16-17-9-7-5-8-10-17/h5,7-10,14,19-20H,2-4,6,11-13,15-16H2,1H3. The summed E-state index contributed by atoms with van der Waals surface area (Å²) in [6.07, 6.45) is 11.9. The van der Waals surface area contributed by atoms with Gasteiger partial charge in [0.1, 0.15) is 6.61 Å². The largest absolute Gasteiger partial charge is 0.445 e. The van der Waals surface area contributed by atoms with E-state index in [1.807, 2.05) is 35.2 Å². The molecule has 1 aromatic rings. The smallest absolute Gasteiger partial charge is 0.410 e. The third-order valence-corrected chi connectivity index (χ3v) is 5.24. The number of benzene rings is 1. The molecule has 130 valence electrons. The molecule has 2 aliphatic rings. The molecule has 3 heteroatoms. The molecule has 2 heterocycles. The number of hydrogen-bond acceptors (Lipinski definition) is 2. The number of nitrogens with zero attached hydrogens (tertiary/aromatic N) is 1. The van der Waals surface area contributed by atoms with Crippen LogP contribution in [0.5, 0.6) is 0 Å². The van der Waals surface area contributed by atoms with Crippen molar-refractivity contribution in [3.8, 4) is 0 Å². The summed E-state index contributed by atoms with van der Waals surface area (Å²) in [5.41, 5.74) is 2.60. The van der Waals surface area contributed by atoms with E-state index < -0.39 is 0 Å². The number of fused-ring (bicyclic) bond motifs is 2. The Labute approximate surface area is 145 Å². The third kappa shape index (κ3) is 4.19. The van der Waals surface area contributed by atoms with Crippen LogP contribution < -0.4 is 0 Å². The molecular weight excluding hydrogens is 298 g/mol. The molecule has 1 saturated heterocycles. The first-order chi connectivity index (χ1) is 11.8. The average molecular weight is 327 g/mol. The molecule has 2 aliphatic heterocycles. The third-order valence-electron chi connectivity index (χ3n) is 5.24. The molecule has 0 radical (unpaired) electrons. The summed E-state index contributed by atoms with van der Waals surface area (Å²) in [6, 6.07) is 10.5. The van der Waals surface area contributed by atoms with E-state index in [9.17, 15) is 4.79 Å². The van der Waals surface area contributed by atoms with Crippen LogP contribution >= 0.6 is 0 Å². The zero-order valence-corrected chi connectivity index (χ0v) is 14.7. The molecule has 0 aliphatic carbocycles. The molecule has 2 bridgehead atoms. The molecule has 0 N–H and O–H groups in total. The van der Waals surface area contributed by atoms with Crippen LogP contribution in [0.25, 0.3) is 0 Å². The molecule has 3 nitrogen and oxygen atoms in total. The maximum Gasteiger partial charge on any atom is 0.410 e. The second-order valence-electron chi connectivity index (χ2n) is 7.09. The number of unbranched alkanes of at least 4 members (excludes halogenated alkanes) is 3. The predicted molar refractivity (Wildman–Crippen MR) is 96.7 cm³/mol. The fourth-order valence-corrected chi connectivity index (χ4v) is 3.96. The van der Waals surface area contributed by atoms with Crippen LogP contribution in [0.4, 0.5) is 4.79 Å². The van der Waals surface area contributed by atoms with Gasteiger partial charge in [0.05, 0.1) is 6.04 Å². The average Bonchev–Trinajstić information content (AvgIpc) is 2.88. The predicted octanol–water partition coefficient (Wildman–Crippen LogP) is 5.46. The zero-order valence-electron chi connectivity index (χ0n) is 14.7. The van der Waals surface area contributed by atoms with Crippen LogP contribution in [0.2, 0.25) is 0 Å². The van der Waals surface area contributed by atoms with E-state index in [2.05, 4.69) is 13.0 Å². The fourth-order valence-electron chi connectivity index (χ4n) is 3.96.